The molecule has 0 atom stereocenters. The molecule has 2 aromatic rings. The van der Waals surface area contributed by atoms with Crippen molar-refractivity contribution >= 4 is 11.6 Å². The van der Waals surface area contributed by atoms with E-state index in [1.165, 1.54) is 16.7 Å². The first kappa shape index (κ1) is 19.6. The molecule has 0 radical (unpaired) electrons. The Hall–Kier alpha value is -2.69. The number of rotatable bonds is 8. The highest BCUT2D eigenvalue weighted by atomic mass is 16.5. The van der Waals surface area contributed by atoms with E-state index >= 15 is 0 Å². The molecule has 0 saturated carbocycles. The van der Waals surface area contributed by atoms with Crippen LogP contribution in [-0.2, 0) is 6.42 Å². The van der Waals surface area contributed by atoms with E-state index in [0.717, 1.165) is 30.0 Å². The molecular formula is C21H29N3O2. The standard InChI is InChI=1S/C21H29N3O2/c1-5-26-20-14-17(8-9-19(20)25-4)7-6-10-23-21(22)24-18-12-15(2)11-16(3)13-18/h8-9,11-14H,5-7,10H2,1-4H3,(H3,22,23,24). The maximum absolute atomic E-state index is 5.99. The summed E-state index contributed by atoms with van der Waals surface area (Å²) in [6.07, 6.45) is 1.82. The van der Waals surface area contributed by atoms with Crippen molar-refractivity contribution in [1.82, 2.24) is 0 Å². The predicted octanol–water partition coefficient (Wildman–Crippen LogP) is 4.07. The third-order valence-corrected chi connectivity index (χ3v) is 3.93. The molecule has 2 rings (SSSR count). The topological polar surface area (TPSA) is 68.9 Å². The summed E-state index contributed by atoms with van der Waals surface area (Å²) < 4.78 is 10.9. The van der Waals surface area contributed by atoms with Gasteiger partial charge in [-0.2, -0.15) is 0 Å². The zero-order valence-electron chi connectivity index (χ0n) is 16.1. The first-order valence-corrected chi connectivity index (χ1v) is 8.96. The molecule has 3 N–H and O–H groups in total. The molecule has 5 heteroatoms. The SMILES string of the molecule is CCOc1cc(CCCN=C(N)Nc2cc(C)cc(C)c2)ccc1OC. The second-order valence-corrected chi connectivity index (χ2v) is 6.29. The fourth-order valence-electron chi connectivity index (χ4n) is 2.86. The number of aryl methyl sites for hydroxylation is 3. The summed E-state index contributed by atoms with van der Waals surface area (Å²) in [6, 6.07) is 12.3. The fourth-order valence-corrected chi connectivity index (χ4v) is 2.86. The Morgan fingerprint density at radius 3 is 2.46 bits per heavy atom. The van der Waals surface area contributed by atoms with Gasteiger partial charge in [0.15, 0.2) is 17.5 Å². The summed E-state index contributed by atoms with van der Waals surface area (Å²) >= 11 is 0. The van der Waals surface area contributed by atoms with Crippen LogP contribution in [0.5, 0.6) is 11.5 Å². The van der Waals surface area contributed by atoms with Crippen LogP contribution in [0.1, 0.15) is 30.0 Å². The maximum atomic E-state index is 5.99. The van der Waals surface area contributed by atoms with E-state index in [1.807, 2.05) is 19.1 Å². The number of nitrogens with zero attached hydrogens (tertiary/aromatic N) is 1. The number of hydrogen-bond donors (Lipinski definition) is 2. The van der Waals surface area contributed by atoms with Gasteiger partial charge in [0, 0.05) is 12.2 Å². The van der Waals surface area contributed by atoms with Crippen molar-refractivity contribution in [3.05, 3.63) is 53.1 Å². The molecule has 0 aliphatic rings. The summed E-state index contributed by atoms with van der Waals surface area (Å²) in [5.74, 6) is 1.99. The van der Waals surface area contributed by atoms with Gasteiger partial charge in [-0.05, 0) is 74.6 Å². The number of guanidine groups is 1. The van der Waals surface area contributed by atoms with Crippen LogP contribution in [0.15, 0.2) is 41.4 Å². The van der Waals surface area contributed by atoms with Crippen molar-refractivity contribution in [2.75, 3.05) is 25.6 Å². The largest absolute Gasteiger partial charge is 0.493 e. The summed E-state index contributed by atoms with van der Waals surface area (Å²) in [6.45, 7) is 7.38. The van der Waals surface area contributed by atoms with Gasteiger partial charge in [0.05, 0.1) is 13.7 Å². The Kier molecular flexibility index (Phi) is 7.33. The van der Waals surface area contributed by atoms with Gasteiger partial charge in [-0.25, -0.2) is 0 Å². The normalized spacial score (nSPS) is 11.3. The highest BCUT2D eigenvalue weighted by Crippen LogP contribution is 2.28. The first-order valence-electron chi connectivity index (χ1n) is 8.96. The Morgan fingerprint density at radius 1 is 1.08 bits per heavy atom. The van der Waals surface area contributed by atoms with Gasteiger partial charge in [0.1, 0.15) is 0 Å². The van der Waals surface area contributed by atoms with Crippen molar-refractivity contribution in [2.24, 2.45) is 10.7 Å². The van der Waals surface area contributed by atoms with Crippen LogP contribution >= 0.6 is 0 Å². The molecule has 26 heavy (non-hydrogen) atoms. The lowest BCUT2D eigenvalue weighted by Crippen LogP contribution is -2.23. The molecule has 140 valence electrons. The van der Waals surface area contributed by atoms with E-state index in [0.29, 0.717) is 19.1 Å². The van der Waals surface area contributed by atoms with Crippen molar-refractivity contribution in [2.45, 2.75) is 33.6 Å². The van der Waals surface area contributed by atoms with Crippen molar-refractivity contribution in [3.63, 3.8) is 0 Å². The van der Waals surface area contributed by atoms with Crippen LogP contribution in [0.2, 0.25) is 0 Å². The molecule has 0 fully saturated rings. The van der Waals surface area contributed by atoms with Crippen molar-refractivity contribution < 1.29 is 9.47 Å². The van der Waals surface area contributed by atoms with Crippen molar-refractivity contribution in [1.29, 1.82) is 0 Å². The number of nitrogens with one attached hydrogen (secondary N) is 1. The van der Waals surface area contributed by atoms with Gasteiger partial charge >= 0.3 is 0 Å². The van der Waals surface area contributed by atoms with Gasteiger partial charge in [0.2, 0.25) is 0 Å². The second kappa shape index (κ2) is 9.70. The maximum Gasteiger partial charge on any atom is 0.193 e. The summed E-state index contributed by atoms with van der Waals surface area (Å²) in [5.41, 5.74) is 10.6. The van der Waals surface area contributed by atoms with Crippen LogP contribution in [0.3, 0.4) is 0 Å². The van der Waals surface area contributed by atoms with Gasteiger partial charge in [0.25, 0.3) is 0 Å². The Bertz CT molecular complexity index is 737. The highest BCUT2D eigenvalue weighted by Gasteiger charge is 2.05. The van der Waals surface area contributed by atoms with Crippen LogP contribution in [0.4, 0.5) is 5.69 Å². The molecule has 0 aromatic heterocycles. The van der Waals surface area contributed by atoms with Gasteiger partial charge in [-0.1, -0.05) is 12.1 Å². The third-order valence-electron chi connectivity index (χ3n) is 3.93. The molecule has 0 aliphatic carbocycles. The van der Waals surface area contributed by atoms with Crippen LogP contribution < -0.4 is 20.5 Å². The molecule has 2 aromatic carbocycles. The second-order valence-electron chi connectivity index (χ2n) is 6.29. The molecule has 0 bridgehead atoms. The lowest BCUT2D eigenvalue weighted by molar-refractivity contribution is 0.310. The number of nitrogens with two attached hydrogens (primary N) is 1. The van der Waals surface area contributed by atoms with E-state index in [-0.39, 0.29) is 0 Å². The minimum atomic E-state index is 0.444. The first-order chi connectivity index (χ1) is 12.5. The fraction of sp³-hybridized carbons (Fsp3) is 0.381. The molecule has 0 saturated heterocycles. The minimum absolute atomic E-state index is 0.444. The Labute approximate surface area is 156 Å². The average molecular weight is 355 g/mol. The summed E-state index contributed by atoms with van der Waals surface area (Å²) in [7, 11) is 1.65. The van der Waals surface area contributed by atoms with Crippen molar-refractivity contribution in [3.8, 4) is 11.5 Å². The Morgan fingerprint density at radius 2 is 1.81 bits per heavy atom. The third kappa shape index (κ3) is 5.99. The van der Waals surface area contributed by atoms with E-state index in [4.69, 9.17) is 15.2 Å². The molecule has 5 nitrogen and oxygen atoms in total. The number of aliphatic imine (C=N–C) groups is 1. The quantitative estimate of drug-likeness (QED) is 0.425. The van der Waals surface area contributed by atoms with E-state index in [9.17, 15) is 0 Å². The zero-order valence-corrected chi connectivity index (χ0v) is 16.1. The number of hydrogen-bond acceptors (Lipinski definition) is 3. The Balaban J connectivity index is 1.87. The molecular weight excluding hydrogens is 326 g/mol. The molecule has 0 heterocycles. The van der Waals surface area contributed by atoms with Gasteiger partial charge < -0.3 is 20.5 Å². The lowest BCUT2D eigenvalue weighted by atomic mass is 10.1. The van der Waals surface area contributed by atoms with Crippen LogP contribution in [0.25, 0.3) is 0 Å². The van der Waals surface area contributed by atoms with E-state index in [2.05, 4.69) is 48.4 Å². The summed E-state index contributed by atoms with van der Waals surface area (Å²) in [5, 5.41) is 3.15. The monoisotopic (exact) mass is 355 g/mol. The number of anilines is 1. The van der Waals surface area contributed by atoms with Gasteiger partial charge in [-0.3, -0.25) is 4.99 Å². The number of methoxy groups -OCH3 is 1. The summed E-state index contributed by atoms with van der Waals surface area (Å²) in [4.78, 5) is 4.41. The molecule has 0 aliphatic heterocycles. The lowest BCUT2D eigenvalue weighted by Gasteiger charge is -2.11. The number of benzene rings is 2. The minimum Gasteiger partial charge on any atom is -0.493 e. The molecule has 0 spiro atoms. The predicted molar refractivity (Wildman–Crippen MR) is 109 cm³/mol. The smallest absolute Gasteiger partial charge is 0.193 e. The molecule has 0 unspecified atom stereocenters. The van der Waals surface area contributed by atoms with Gasteiger partial charge in [-0.15, -0.1) is 0 Å². The van der Waals surface area contributed by atoms with Crippen LogP contribution in [0, 0.1) is 13.8 Å². The number of ether oxygens (including phenoxy) is 2. The van der Waals surface area contributed by atoms with E-state index < -0.39 is 0 Å². The zero-order chi connectivity index (χ0) is 18.9. The van der Waals surface area contributed by atoms with E-state index in [1.54, 1.807) is 7.11 Å². The van der Waals surface area contributed by atoms with Crippen LogP contribution in [-0.4, -0.2) is 26.2 Å². The average Bonchev–Trinajstić information content (AvgIpc) is 2.58. The highest BCUT2D eigenvalue weighted by molar-refractivity contribution is 5.92. The molecule has 0 amide bonds.